The zero-order valence-electron chi connectivity index (χ0n) is 44.8. The third kappa shape index (κ3) is 6.72. The van der Waals surface area contributed by atoms with E-state index in [1.807, 2.05) is 100 Å². The molecule has 0 amide bonds. The van der Waals surface area contributed by atoms with Gasteiger partial charge in [-0.3, -0.25) is 9.13 Å². The molecule has 9 heteroatoms. The third-order valence-corrected chi connectivity index (χ3v) is 11.6. The summed E-state index contributed by atoms with van der Waals surface area (Å²) in [6, 6.07) is 42.7. The van der Waals surface area contributed by atoms with Crippen LogP contribution < -0.4 is 9.30 Å². The van der Waals surface area contributed by atoms with Gasteiger partial charge in [-0.25, -0.2) is 15.0 Å². The number of hydrogen-bond acceptors (Lipinski definition) is 4. The largest absolute Gasteiger partial charge is 0.510 e. The Hall–Kier alpha value is -8.45. The number of fused-ring (bicyclic) bond motifs is 7. The van der Waals surface area contributed by atoms with E-state index in [1.165, 1.54) is 0 Å². The first-order valence-corrected chi connectivity index (χ1v) is 21.0. The van der Waals surface area contributed by atoms with Crippen LogP contribution >= 0.6 is 0 Å². The Kier molecular flexibility index (Phi) is 7.55. The molecule has 0 atom stereocenters. The predicted molar refractivity (Wildman–Crippen MR) is 261 cm³/mol. The first-order valence-electron chi connectivity index (χ1n) is 26.0. The zero-order chi connectivity index (χ0) is 52.3. The Morgan fingerprint density at radius 2 is 1.16 bits per heavy atom. The number of imidazole rings is 1. The van der Waals surface area contributed by atoms with Crippen molar-refractivity contribution in [3.05, 3.63) is 231 Å². The molecule has 0 saturated heterocycles. The third-order valence-electron chi connectivity index (χ3n) is 11.6. The number of aromatic nitrogens is 7. The zero-order valence-corrected chi connectivity index (χ0v) is 37.1. The van der Waals surface area contributed by atoms with E-state index in [2.05, 4.69) is 24.5 Å². The second-order valence-corrected chi connectivity index (χ2v) is 15.4. The van der Waals surface area contributed by atoms with Gasteiger partial charge in [0.25, 0.3) is 6.33 Å². The molecule has 0 spiro atoms. The van der Waals surface area contributed by atoms with Gasteiger partial charge >= 0.3 is 0 Å². The van der Waals surface area contributed by atoms with Crippen LogP contribution in [-0.4, -0.2) is 28.7 Å². The van der Waals surface area contributed by atoms with Gasteiger partial charge in [0.05, 0.1) is 42.3 Å². The minimum atomic E-state index is -0.578. The number of benzene rings is 7. The first kappa shape index (κ1) is 30.6. The topological polar surface area (TPSA) is 66.6 Å². The van der Waals surface area contributed by atoms with Crippen molar-refractivity contribution in [2.24, 2.45) is 0 Å². The van der Waals surface area contributed by atoms with Crippen molar-refractivity contribution < 1.29 is 44.1 Å². The van der Waals surface area contributed by atoms with Crippen LogP contribution in [0.25, 0.3) is 100 Å². The summed E-state index contributed by atoms with van der Waals surface area (Å²) in [6.45, 7) is 0. The number of para-hydroxylation sites is 4. The van der Waals surface area contributed by atoms with Gasteiger partial charge in [-0.1, -0.05) is 127 Å². The Morgan fingerprint density at radius 1 is 0.522 bits per heavy atom. The summed E-state index contributed by atoms with van der Waals surface area (Å²) in [5.41, 5.74) is 5.74. The molecule has 8 nitrogen and oxygen atoms in total. The molecule has 0 bridgehead atoms. The van der Waals surface area contributed by atoms with Crippen LogP contribution in [0.2, 0.25) is 0 Å². The minimum absolute atomic E-state index is 0. The van der Waals surface area contributed by atoms with Crippen LogP contribution in [0.3, 0.4) is 0 Å². The quantitative estimate of drug-likeness (QED) is 0.112. The maximum atomic E-state index is 9.02. The van der Waals surface area contributed by atoms with E-state index in [4.69, 9.17) is 33.4 Å². The Balaban J connectivity index is 0.00000596. The van der Waals surface area contributed by atoms with Gasteiger partial charge in [-0.15, -0.1) is 29.7 Å². The van der Waals surface area contributed by atoms with Crippen molar-refractivity contribution >= 4 is 54.9 Å². The van der Waals surface area contributed by atoms with Gasteiger partial charge in [0, 0.05) is 61.2 Å². The number of ether oxygens (including phenoxy) is 1. The average Bonchev–Trinajstić information content (AvgIpc) is 4.20. The monoisotopic (exact) mass is 1050 g/mol. The van der Waals surface area contributed by atoms with E-state index < -0.39 is 60.4 Å². The molecule has 67 heavy (non-hydrogen) atoms. The van der Waals surface area contributed by atoms with Gasteiger partial charge in [0.15, 0.2) is 0 Å². The summed E-state index contributed by atoms with van der Waals surface area (Å²) in [7, 11) is 0. The van der Waals surface area contributed by atoms with Crippen molar-refractivity contribution in [2.75, 3.05) is 0 Å². The molecular weight excluding hydrogens is 1010 g/mol. The Labute approximate surface area is 413 Å². The van der Waals surface area contributed by atoms with Crippen LogP contribution in [0.5, 0.6) is 11.5 Å². The molecule has 0 radical (unpaired) electrons. The Morgan fingerprint density at radius 3 is 1.87 bits per heavy atom. The molecule has 13 aromatic rings. The van der Waals surface area contributed by atoms with Gasteiger partial charge in [-0.05, 0) is 75.8 Å². The number of nitrogens with zero attached hydrogens (tertiary/aromatic N) is 7. The maximum absolute atomic E-state index is 9.02. The van der Waals surface area contributed by atoms with Gasteiger partial charge in [0.1, 0.15) is 17.1 Å². The minimum Gasteiger partial charge on any atom is -0.510 e. The van der Waals surface area contributed by atoms with Crippen LogP contribution in [0.4, 0.5) is 0 Å². The van der Waals surface area contributed by atoms with Crippen molar-refractivity contribution in [1.29, 1.82) is 0 Å². The molecule has 7 aromatic carbocycles. The van der Waals surface area contributed by atoms with E-state index in [-0.39, 0.29) is 49.0 Å². The molecule has 13 rings (SSSR count). The standard InChI is InChI=1S/C58H35N7O.Pt/c1-3-15-39(16-4-1)45-22-12-23-46(40-17-5-2-6-18-40)56(45)63-38-62(52-27-9-10-28-53(52)63)41-19-11-20-43(35-41)66-44-30-31-48-47-21-7-8-26-51(47)65(54(48)36-44)55-32-29-42(37-61-55)64-57-49(24-13-33-59-57)50-25-14-34-60-58(50)64;/h1-34,37H;/q-2;/i1D,2D,3D,4D,5D,6D,15D,16D,17D,18D;. The summed E-state index contributed by atoms with van der Waals surface area (Å²) >= 11 is 0. The Bertz CT molecular complexity index is 4400. The summed E-state index contributed by atoms with van der Waals surface area (Å²) in [5.74, 6) is 1.39. The molecule has 6 aromatic heterocycles. The van der Waals surface area contributed by atoms with E-state index in [0.717, 1.165) is 49.6 Å². The molecule has 0 fully saturated rings. The second-order valence-electron chi connectivity index (χ2n) is 15.4. The fraction of sp³-hybridized carbons (Fsp3) is 0. The molecule has 0 saturated carbocycles. The summed E-state index contributed by atoms with van der Waals surface area (Å²) in [6.07, 6.45) is 8.75. The van der Waals surface area contributed by atoms with Crippen LogP contribution in [0.15, 0.2) is 212 Å². The fourth-order valence-electron chi connectivity index (χ4n) is 8.84. The first-order chi connectivity index (χ1) is 36.9. The molecule has 6 heterocycles. The molecule has 0 unspecified atom stereocenters. The second kappa shape index (κ2) is 16.5. The van der Waals surface area contributed by atoms with Crippen molar-refractivity contribution in [1.82, 2.24) is 28.7 Å². The van der Waals surface area contributed by atoms with E-state index in [0.29, 0.717) is 34.0 Å². The van der Waals surface area contributed by atoms with E-state index in [9.17, 15) is 0 Å². The molecule has 0 aliphatic carbocycles. The summed E-state index contributed by atoms with van der Waals surface area (Å²) in [5, 5.41) is 3.92. The number of rotatable bonds is 8. The van der Waals surface area contributed by atoms with E-state index in [1.54, 1.807) is 64.0 Å². The summed E-state index contributed by atoms with van der Waals surface area (Å²) < 4.78 is 101. The van der Waals surface area contributed by atoms with Crippen molar-refractivity contribution in [3.8, 4) is 56.6 Å². The van der Waals surface area contributed by atoms with Crippen molar-refractivity contribution in [3.63, 3.8) is 0 Å². The van der Waals surface area contributed by atoms with Crippen molar-refractivity contribution in [2.45, 2.75) is 0 Å². The van der Waals surface area contributed by atoms with Gasteiger partial charge < -0.3 is 13.9 Å². The summed E-state index contributed by atoms with van der Waals surface area (Å²) in [4.78, 5) is 14.4. The van der Waals surface area contributed by atoms with Gasteiger partial charge in [-0.2, -0.15) is 18.2 Å². The molecule has 0 N–H and O–H groups in total. The van der Waals surface area contributed by atoms with Crippen LogP contribution in [-0.2, 0) is 21.1 Å². The maximum Gasteiger partial charge on any atom is 0.268 e. The normalized spacial score (nSPS) is 13.6. The number of pyridine rings is 3. The number of hydrogen-bond donors (Lipinski definition) is 0. The van der Waals surface area contributed by atoms with Crippen LogP contribution in [0, 0.1) is 18.5 Å². The fourth-order valence-corrected chi connectivity index (χ4v) is 8.84. The predicted octanol–water partition coefficient (Wildman–Crippen LogP) is 12.8. The molecular formula is C58H35N7OPt-2. The average molecular weight is 1050 g/mol. The molecule has 0 aliphatic heterocycles. The SMILES string of the molecule is [2H]c1c([2H])c([2H])c(-c2cccc(-c3c([2H])c([2H])c([2H])c([2H])c3[2H])c2-[n+]2[c-]n(-c3[c-]c(Oc4[c-]c5c(cc4)c4ccccc4n5-c4ccc(-n5c6ncccc6c6cccnc65)cn4)ccc3)c3ccccc32)c([2H])c1[2H].[Pt]. The molecule has 320 valence electrons. The van der Waals surface area contributed by atoms with Crippen LogP contribution in [0.1, 0.15) is 13.7 Å². The smallest absolute Gasteiger partial charge is 0.268 e. The molecule has 0 aliphatic rings. The van der Waals surface area contributed by atoms with Gasteiger partial charge in [0.2, 0.25) is 0 Å². The van der Waals surface area contributed by atoms with E-state index >= 15 is 0 Å².